The molecule has 0 aliphatic carbocycles. The number of imidazole rings is 1. The Morgan fingerprint density at radius 3 is 2.67 bits per heavy atom. The van der Waals surface area contributed by atoms with Gasteiger partial charge in [-0.1, -0.05) is 36.4 Å². The van der Waals surface area contributed by atoms with Gasteiger partial charge in [-0.3, -0.25) is 9.36 Å². The zero-order valence-electron chi connectivity index (χ0n) is 14.1. The van der Waals surface area contributed by atoms with Gasteiger partial charge >= 0.3 is 0 Å². The van der Waals surface area contributed by atoms with E-state index in [2.05, 4.69) is 15.0 Å². The highest BCUT2D eigenvalue weighted by molar-refractivity contribution is 5.73. The Hall–Kier alpha value is -2.85. The Morgan fingerprint density at radius 2 is 1.96 bits per heavy atom. The highest BCUT2D eigenvalue weighted by Crippen LogP contribution is 2.30. The van der Waals surface area contributed by atoms with Crippen molar-refractivity contribution in [1.29, 1.82) is 0 Å². The third-order valence-corrected chi connectivity index (χ3v) is 4.48. The van der Waals surface area contributed by atoms with Gasteiger partial charge in [0.05, 0.1) is 12.9 Å². The summed E-state index contributed by atoms with van der Waals surface area (Å²) in [6.45, 7) is -0.444. The molecule has 1 aliphatic heterocycles. The number of H-pyrrole nitrogens is 1. The molecule has 3 aromatic rings. The van der Waals surface area contributed by atoms with Gasteiger partial charge in [0.2, 0.25) is 0 Å². The lowest BCUT2D eigenvalue weighted by Gasteiger charge is -2.16. The van der Waals surface area contributed by atoms with Gasteiger partial charge in [0.25, 0.3) is 5.56 Å². The van der Waals surface area contributed by atoms with Crippen molar-refractivity contribution in [2.75, 3.05) is 6.61 Å². The number of rotatable bonds is 4. The van der Waals surface area contributed by atoms with Crippen LogP contribution in [0.15, 0.2) is 41.5 Å². The van der Waals surface area contributed by atoms with E-state index in [4.69, 9.17) is 4.74 Å². The Labute approximate surface area is 153 Å². The first-order chi connectivity index (χ1) is 13.1. The number of fused-ring (bicyclic) bond motifs is 1. The van der Waals surface area contributed by atoms with Gasteiger partial charge in [-0.15, -0.1) is 0 Å². The number of nitrogens with zero attached hydrogens (tertiary/aromatic N) is 3. The van der Waals surface area contributed by atoms with Crippen molar-refractivity contribution in [1.82, 2.24) is 19.5 Å². The minimum atomic E-state index is -1.29. The summed E-state index contributed by atoms with van der Waals surface area (Å²) in [6, 6.07) is 9.53. The average molecular weight is 370 g/mol. The molecule has 4 rings (SSSR count). The first kappa shape index (κ1) is 17.6. The molecule has 9 nitrogen and oxygen atoms in total. The summed E-state index contributed by atoms with van der Waals surface area (Å²) >= 11 is 0. The Balaban J connectivity index is 1.73. The Morgan fingerprint density at radius 1 is 1.19 bits per heavy atom. The van der Waals surface area contributed by atoms with Crippen LogP contribution in [0.25, 0.3) is 23.3 Å². The molecule has 3 heterocycles. The second-order valence-corrected chi connectivity index (χ2v) is 6.25. The zero-order chi connectivity index (χ0) is 19.0. The highest BCUT2D eigenvalue weighted by Gasteiger charge is 2.44. The highest BCUT2D eigenvalue weighted by atomic mass is 16.6. The van der Waals surface area contributed by atoms with Crippen LogP contribution in [0.2, 0.25) is 0 Å². The molecule has 140 valence electrons. The third-order valence-electron chi connectivity index (χ3n) is 4.48. The summed E-state index contributed by atoms with van der Waals surface area (Å²) in [7, 11) is 0. The van der Waals surface area contributed by atoms with Crippen LogP contribution in [0.4, 0.5) is 0 Å². The van der Waals surface area contributed by atoms with E-state index < -0.39 is 36.7 Å². The standard InChI is InChI=1S/C18H18N4O5/c23-8-11-14(24)15(25)18(27-11)22-9-19-13-16(22)20-12(21-17(13)26)7-6-10-4-2-1-3-5-10/h1-7,9,11,14-15,18,23-25H,8H2,(H,20,21,26)/b7-6+/t11-,14-,15-,18-/m0/s1. The number of nitrogens with one attached hydrogen (secondary N) is 1. The molecular formula is C18H18N4O5. The Kier molecular flexibility index (Phi) is 4.58. The van der Waals surface area contributed by atoms with Crippen LogP contribution in [-0.2, 0) is 4.74 Å². The fraction of sp³-hybridized carbons (Fsp3) is 0.278. The molecule has 1 aliphatic rings. The second kappa shape index (κ2) is 7.05. The van der Waals surface area contributed by atoms with Crippen LogP contribution in [0.5, 0.6) is 0 Å². The fourth-order valence-corrected chi connectivity index (χ4v) is 3.06. The predicted octanol–water partition coefficient (Wildman–Crippen LogP) is -0.0985. The molecule has 1 saturated heterocycles. The van der Waals surface area contributed by atoms with Crippen LogP contribution in [0, 0.1) is 0 Å². The molecule has 0 amide bonds. The van der Waals surface area contributed by atoms with Crippen molar-refractivity contribution in [2.45, 2.75) is 24.5 Å². The summed E-state index contributed by atoms with van der Waals surface area (Å²) in [5, 5.41) is 29.4. The zero-order valence-corrected chi connectivity index (χ0v) is 14.1. The van der Waals surface area contributed by atoms with Crippen molar-refractivity contribution in [2.24, 2.45) is 0 Å². The number of hydrogen-bond acceptors (Lipinski definition) is 7. The SMILES string of the molecule is O=c1[nH]c(/C=C/c2ccccc2)nc2c1ncn2[C@H]1O[C@@H](CO)[C@H](O)[C@@H]1O. The van der Waals surface area contributed by atoms with E-state index in [1.54, 1.807) is 12.2 Å². The van der Waals surface area contributed by atoms with E-state index in [0.29, 0.717) is 5.82 Å². The maximum Gasteiger partial charge on any atom is 0.279 e. The lowest BCUT2D eigenvalue weighted by atomic mass is 10.1. The van der Waals surface area contributed by atoms with Crippen LogP contribution in [0.1, 0.15) is 17.6 Å². The smallest absolute Gasteiger partial charge is 0.279 e. The van der Waals surface area contributed by atoms with E-state index in [1.165, 1.54) is 10.9 Å². The van der Waals surface area contributed by atoms with Gasteiger partial charge in [0.1, 0.15) is 24.1 Å². The number of hydrogen-bond donors (Lipinski definition) is 4. The van der Waals surface area contributed by atoms with Crippen LogP contribution in [0.3, 0.4) is 0 Å². The van der Waals surface area contributed by atoms with Gasteiger partial charge in [-0.05, 0) is 11.6 Å². The molecule has 0 saturated carbocycles. The van der Waals surface area contributed by atoms with Gasteiger partial charge in [-0.2, -0.15) is 0 Å². The molecule has 27 heavy (non-hydrogen) atoms. The van der Waals surface area contributed by atoms with Gasteiger partial charge in [-0.25, -0.2) is 9.97 Å². The van der Waals surface area contributed by atoms with Crippen molar-refractivity contribution < 1.29 is 20.1 Å². The van der Waals surface area contributed by atoms with E-state index in [0.717, 1.165) is 5.56 Å². The monoisotopic (exact) mass is 370 g/mol. The topological polar surface area (TPSA) is 133 Å². The summed E-state index contributed by atoms with van der Waals surface area (Å²) in [4.78, 5) is 23.4. The normalized spacial score (nSPS) is 25.6. The van der Waals surface area contributed by atoms with E-state index in [9.17, 15) is 20.1 Å². The minimum absolute atomic E-state index is 0.0876. The maximum atomic E-state index is 12.3. The number of aliphatic hydroxyl groups excluding tert-OH is 3. The fourth-order valence-electron chi connectivity index (χ4n) is 3.06. The molecule has 4 N–H and O–H groups in total. The molecular weight excluding hydrogens is 352 g/mol. The number of aromatic amines is 1. The van der Waals surface area contributed by atoms with Crippen molar-refractivity contribution in [3.8, 4) is 0 Å². The van der Waals surface area contributed by atoms with Crippen molar-refractivity contribution >= 4 is 23.3 Å². The van der Waals surface area contributed by atoms with Crippen LogP contribution in [-0.4, -0.2) is 59.8 Å². The van der Waals surface area contributed by atoms with Crippen molar-refractivity contribution in [3.05, 3.63) is 58.4 Å². The second-order valence-electron chi connectivity index (χ2n) is 6.25. The van der Waals surface area contributed by atoms with Gasteiger partial charge in [0.15, 0.2) is 17.4 Å². The molecule has 1 aromatic carbocycles. The summed E-state index contributed by atoms with van der Waals surface area (Å²) in [5.41, 5.74) is 0.807. The minimum Gasteiger partial charge on any atom is -0.394 e. The molecule has 1 fully saturated rings. The average Bonchev–Trinajstić information content (AvgIpc) is 3.23. The van der Waals surface area contributed by atoms with Crippen LogP contribution < -0.4 is 5.56 Å². The molecule has 2 aromatic heterocycles. The van der Waals surface area contributed by atoms with E-state index in [-0.39, 0.29) is 11.2 Å². The van der Waals surface area contributed by atoms with Crippen LogP contribution >= 0.6 is 0 Å². The lowest BCUT2D eigenvalue weighted by molar-refractivity contribution is -0.0511. The summed E-state index contributed by atoms with van der Waals surface area (Å²) in [5.74, 6) is 0.310. The third kappa shape index (κ3) is 3.17. The maximum absolute atomic E-state index is 12.3. The molecule has 4 atom stereocenters. The number of aromatic nitrogens is 4. The van der Waals surface area contributed by atoms with Crippen molar-refractivity contribution in [3.63, 3.8) is 0 Å². The quantitative estimate of drug-likeness (QED) is 0.504. The molecule has 0 unspecified atom stereocenters. The summed E-state index contributed by atoms with van der Waals surface area (Å²) in [6.07, 6.45) is 0.296. The van der Waals surface area contributed by atoms with Gasteiger partial charge in [0, 0.05) is 0 Å². The molecule has 0 bridgehead atoms. The first-order valence-corrected chi connectivity index (χ1v) is 8.41. The van der Waals surface area contributed by atoms with E-state index >= 15 is 0 Å². The largest absolute Gasteiger partial charge is 0.394 e. The molecule has 0 radical (unpaired) electrons. The summed E-state index contributed by atoms with van der Waals surface area (Å²) < 4.78 is 6.88. The number of benzene rings is 1. The lowest BCUT2D eigenvalue weighted by Crippen LogP contribution is -2.33. The molecule has 0 spiro atoms. The first-order valence-electron chi connectivity index (χ1n) is 8.41. The number of ether oxygens (including phenoxy) is 1. The molecule has 9 heteroatoms. The number of aliphatic hydroxyl groups is 3. The predicted molar refractivity (Wildman–Crippen MR) is 96.5 cm³/mol. The Bertz CT molecular complexity index is 1030. The van der Waals surface area contributed by atoms with E-state index in [1.807, 2.05) is 30.3 Å². The van der Waals surface area contributed by atoms with Gasteiger partial charge < -0.3 is 25.0 Å².